The van der Waals surface area contributed by atoms with E-state index in [9.17, 15) is 4.79 Å². The average Bonchev–Trinajstić information content (AvgIpc) is 3.02. The summed E-state index contributed by atoms with van der Waals surface area (Å²) in [5.74, 6) is 0.683. The molecule has 3 nitrogen and oxygen atoms in total. The summed E-state index contributed by atoms with van der Waals surface area (Å²) in [7, 11) is 0. The van der Waals surface area contributed by atoms with Gasteiger partial charge >= 0.3 is 0 Å². The van der Waals surface area contributed by atoms with Crippen LogP contribution in [0.2, 0.25) is 0 Å². The molecule has 1 aliphatic heterocycles. The highest BCUT2D eigenvalue weighted by molar-refractivity contribution is 14.1. The zero-order chi connectivity index (χ0) is 22.0. The third kappa shape index (κ3) is 5.22. The van der Waals surface area contributed by atoms with Gasteiger partial charge in [-0.05, 0) is 86.9 Å². The van der Waals surface area contributed by atoms with E-state index in [1.165, 1.54) is 17.3 Å². The number of amides is 1. The highest BCUT2D eigenvalue weighted by atomic mass is 127. The van der Waals surface area contributed by atoms with Crippen molar-refractivity contribution in [2.45, 2.75) is 13.5 Å². The Kier molecular flexibility index (Phi) is 7.15. The largest absolute Gasteiger partial charge is 0.487 e. The molecule has 0 radical (unpaired) electrons. The molecule has 0 aromatic heterocycles. The number of rotatable bonds is 5. The summed E-state index contributed by atoms with van der Waals surface area (Å²) in [4.78, 5) is 15.1. The summed E-state index contributed by atoms with van der Waals surface area (Å²) in [6, 6.07) is 21.7. The first kappa shape index (κ1) is 22.5. The molecule has 0 bridgehead atoms. The van der Waals surface area contributed by atoms with Gasteiger partial charge in [-0.15, -0.1) is 0 Å². The van der Waals surface area contributed by atoms with Gasteiger partial charge in [-0.25, -0.2) is 0 Å². The first-order valence-corrected chi connectivity index (χ1v) is 12.5. The zero-order valence-corrected chi connectivity index (χ0v) is 21.8. The normalized spacial score (nSPS) is 15.1. The van der Waals surface area contributed by atoms with Crippen molar-refractivity contribution < 1.29 is 9.53 Å². The number of hydrogen-bond donors (Lipinski definition) is 0. The predicted octanol–water partition coefficient (Wildman–Crippen LogP) is 7.35. The van der Waals surface area contributed by atoms with E-state index in [0.29, 0.717) is 15.8 Å². The number of aryl methyl sites for hydroxylation is 1. The lowest BCUT2D eigenvalue weighted by atomic mass is 10.1. The Morgan fingerprint density at radius 1 is 1.13 bits per heavy atom. The minimum Gasteiger partial charge on any atom is -0.487 e. The molecular weight excluding hydrogens is 605 g/mol. The molecule has 31 heavy (non-hydrogen) atoms. The monoisotopic (exact) mass is 621 g/mol. The number of hydrogen-bond acceptors (Lipinski definition) is 4. The SMILES string of the molecule is Cc1ccc(COc2c(Br)cc(/C=C3/SC(=S)N(c4ccccc4)C3=O)cc2I)cc1. The van der Waals surface area contributed by atoms with Crippen molar-refractivity contribution in [3.63, 3.8) is 0 Å². The molecule has 0 unspecified atom stereocenters. The van der Waals surface area contributed by atoms with Crippen LogP contribution in [0.25, 0.3) is 6.08 Å². The molecule has 0 atom stereocenters. The van der Waals surface area contributed by atoms with E-state index in [2.05, 4.69) is 69.7 Å². The lowest BCUT2D eigenvalue weighted by Gasteiger charge is -2.14. The molecule has 0 spiro atoms. The summed E-state index contributed by atoms with van der Waals surface area (Å²) in [5.41, 5.74) is 4.03. The fourth-order valence-corrected chi connectivity index (χ4v) is 6.13. The van der Waals surface area contributed by atoms with E-state index in [4.69, 9.17) is 17.0 Å². The maximum atomic E-state index is 13.0. The summed E-state index contributed by atoms with van der Waals surface area (Å²) in [5, 5.41) is 0. The topological polar surface area (TPSA) is 29.5 Å². The Balaban J connectivity index is 1.54. The van der Waals surface area contributed by atoms with Crippen LogP contribution >= 0.6 is 62.5 Å². The van der Waals surface area contributed by atoms with Gasteiger partial charge in [0.25, 0.3) is 5.91 Å². The van der Waals surface area contributed by atoms with Gasteiger partial charge in [-0.2, -0.15) is 0 Å². The van der Waals surface area contributed by atoms with Gasteiger partial charge in [0.2, 0.25) is 0 Å². The number of carbonyl (C=O) groups is 1. The van der Waals surface area contributed by atoms with Crippen molar-refractivity contribution in [3.05, 3.63) is 96.4 Å². The number of halogens is 2. The van der Waals surface area contributed by atoms with Crippen LogP contribution in [-0.4, -0.2) is 10.2 Å². The molecule has 0 aliphatic carbocycles. The number of ether oxygens (including phenoxy) is 1. The van der Waals surface area contributed by atoms with Gasteiger partial charge in [-0.1, -0.05) is 72.0 Å². The Morgan fingerprint density at radius 3 is 2.52 bits per heavy atom. The molecule has 156 valence electrons. The second kappa shape index (κ2) is 9.85. The molecule has 1 saturated heterocycles. The van der Waals surface area contributed by atoms with Crippen LogP contribution in [0.1, 0.15) is 16.7 Å². The molecule has 1 heterocycles. The van der Waals surface area contributed by atoms with Crippen LogP contribution in [-0.2, 0) is 11.4 Å². The van der Waals surface area contributed by atoms with Gasteiger partial charge in [0.15, 0.2) is 4.32 Å². The fraction of sp³-hybridized carbons (Fsp3) is 0.0833. The van der Waals surface area contributed by atoms with Crippen LogP contribution < -0.4 is 9.64 Å². The molecule has 1 amide bonds. The molecule has 0 saturated carbocycles. The summed E-state index contributed by atoms with van der Waals surface area (Å²) >= 11 is 12.6. The number of nitrogens with zero attached hydrogens (tertiary/aromatic N) is 1. The molecule has 1 fully saturated rings. The Hall–Kier alpha value is -1.68. The van der Waals surface area contributed by atoms with Gasteiger partial charge in [0, 0.05) is 0 Å². The molecular formula is C24H17BrINO2S2. The van der Waals surface area contributed by atoms with Crippen LogP contribution in [0.3, 0.4) is 0 Å². The van der Waals surface area contributed by atoms with Gasteiger partial charge in [0.05, 0.1) is 18.6 Å². The van der Waals surface area contributed by atoms with Crippen LogP contribution in [0.5, 0.6) is 5.75 Å². The zero-order valence-electron chi connectivity index (χ0n) is 16.5. The van der Waals surface area contributed by atoms with Crippen LogP contribution in [0, 0.1) is 10.5 Å². The minimum absolute atomic E-state index is 0.105. The standard InChI is InChI=1S/C24H17BrINO2S2/c1-15-7-9-16(10-8-15)14-29-22-19(25)11-17(12-20(22)26)13-21-23(28)27(24(30)31-21)18-5-3-2-4-6-18/h2-13H,14H2,1H3/b21-13+. The van der Waals surface area contributed by atoms with Crippen molar-refractivity contribution >= 4 is 84.5 Å². The van der Waals surface area contributed by atoms with Crippen molar-refractivity contribution in [1.82, 2.24) is 0 Å². The number of para-hydroxylation sites is 1. The lowest BCUT2D eigenvalue weighted by Crippen LogP contribution is -2.27. The van der Waals surface area contributed by atoms with E-state index < -0.39 is 0 Å². The molecule has 3 aromatic rings. The molecule has 0 N–H and O–H groups in total. The molecule has 4 rings (SSSR count). The second-order valence-electron chi connectivity index (χ2n) is 6.94. The van der Waals surface area contributed by atoms with E-state index in [0.717, 1.165) is 30.6 Å². The molecule has 1 aliphatic rings. The number of thiocarbonyl (C=S) groups is 1. The maximum absolute atomic E-state index is 13.0. The van der Waals surface area contributed by atoms with Crippen molar-refractivity contribution in [2.75, 3.05) is 4.90 Å². The molecule has 3 aromatic carbocycles. The average molecular weight is 622 g/mol. The van der Waals surface area contributed by atoms with Crippen molar-refractivity contribution in [1.29, 1.82) is 0 Å². The van der Waals surface area contributed by atoms with Crippen LogP contribution in [0.15, 0.2) is 76.1 Å². The Labute approximate surface area is 213 Å². The van der Waals surface area contributed by atoms with E-state index in [1.807, 2.05) is 48.5 Å². The third-order valence-corrected chi connectivity index (χ3v) is 7.32. The highest BCUT2D eigenvalue weighted by Crippen LogP contribution is 2.38. The number of benzene rings is 3. The number of carbonyl (C=O) groups excluding carboxylic acids is 1. The Bertz CT molecular complexity index is 1160. The smallest absolute Gasteiger partial charge is 0.270 e. The number of thioether (sulfide) groups is 1. The fourth-order valence-electron chi connectivity index (χ4n) is 3.06. The number of anilines is 1. The lowest BCUT2D eigenvalue weighted by molar-refractivity contribution is -0.113. The third-order valence-electron chi connectivity index (χ3n) is 4.63. The summed E-state index contributed by atoms with van der Waals surface area (Å²) in [6.07, 6.45) is 1.87. The quantitative estimate of drug-likeness (QED) is 0.169. The van der Waals surface area contributed by atoms with E-state index >= 15 is 0 Å². The predicted molar refractivity (Wildman–Crippen MR) is 144 cm³/mol. The Morgan fingerprint density at radius 2 is 1.84 bits per heavy atom. The van der Waals surface area contributed by atoms with E-state index in [-0.39, 0.29) is 5.91 Å². The minimum atomic E-state index is -0.105. The van der Waals surface area contributed by atoms with E-state index in [1.54, 1.807) is 4.90 Å². The summed E-state index contributed by atoms with van der Waals surface area (Å²) < 4.78 is 8.40. The van der Waals surface area contributed by atoms with Gasteiger partial charge in [0.1, 0.15) is 12.4 Å². The maximum Gasteiger partial charge on any atom is 0.270 e. The van der Waals surface area contributed by atoms with Crippen LogP contribution in [0.4, 0.5) is 5.69 Å². The summed E-state index contributed by atoms with van der Waals surface area (Å²) in [6.45, 7) is 2.56. The van der Waals surface area contributed by atoms with Gasteiger partial charge < -0.3 is 4.74 Å². The van der Waals surface area contributed by atoms with Gasteiger partial charge in [-0.3, -0.25) is 9.69 Å². The second-order valence-corrected chi connectivity index (χ2v) is 10.6. The van der Waals surface area contributed by atoms with Crippen molar-refractivity contribution in [2.24, 2.45) is 0 Å². The highest BCUT2D eigenvalue weighted by Gasteiger charge is 2.33. The van der Waals surface area contributed by atoms with Crippen molar-refractivity contribution in [3.8, 4) is 5.75 Å². The molecule has 7 heteroatoms. The first-order chi connectivity index (χ1) is 14.9. The first-order valence-electron chi connectivity index (χ1n) is 9.43.